The number of amides is 1. The van der Waals surface area contributed by atoms with E-state index in [0.29, 0.717) is 0 Å². The van der Waals surface area contributed by atoms with E-state index in [1.54, 1.807) is 0 Å². The number of alkyl halides is 7. The maximum absolute atomic E-state index is 14.4. The fourth-order valence-electron chi connectivity index (χ4n) is 2.16. The molecule has 0 saturated carbocycles. The number of nitrogens with two attached hydrogens (primary N) is 1. The standard InChI is InChI=1S/C16H11Br2F7N2OS/c17-29(18,16(24,25)14(19,20)15(21,22)23)12-7-2-1-6-11(12)27-10-5-3-4-9(8-10)13(26)28/h1-8,27H,(H2,26,28). The molecule has 29 heavy (non-hydrogen) atoms. The number of para-hydroxylation sites is 1. The van der Waals surface area contributed by atoms with E-state index in [-0.39, 0.29) is 16.9 Å². The maximum Gasteiger partial charge on any atom is 0.460 e. The molecule has 0 heterocycles. The summed E-state index contributed by atoms with van der Waals surface area (Å²) in [6.45, 7) is -4.39. The molecule has 0 unspecified atom stereocenters. The fourth-order valence-corrected chi connectivity index (χ4v) is 6.44. The molecule has 0 aliphatic rings. The van der Waals surface area contributed by atoms with Crippen molar-refractivity contribution in [3.8, 4) is 0 Å². The first-order valence-electron chi connectivity index (χ1n) is 7.43. The molecule has 2 aromatic rings. The quantitative estimate of drug-likeness (QED) is 0.363. The van der Waals surface area contributed by atoms with E-state index in [1.165, 1.54) is 42.5 Å². The first-order chi connectivity index (χ1) is 13.1. The molecule has 0 aliphatic carbocycles. The van der Waals surface area contributed by atoms with Crippen LogP contribution in [0.25, 0.3) is 0 Å². The minimum absolute atomic E-state index is 0.0673. The highest BCUT2D eigenvalue weighted by molar-refractivity contribution is 9.91. The number of hydrogen-bond acceptors (Lipinski definition) is 2. The van der Waals surface area contributed by atoms with Gasteiger partial charge in [0.05, 0.1) is 5.69 Å². The molecule has 0 atom stereocenters. The Bertz CT molecular complexity index is 922. The minimum atomic E-state index is -6.48. The molecule has 0 aromatic heterocycles. The van der Waals surface area contributed by atoms with E-state index in [1.807, 2.05) is 0 Å². The molecule has 3 nitrogen and oxygen atoms in total. The summed E-state index contributed by atoms with van der Waals surface area (Å²) in [6.07, 6.45) is -6.48. The number of halogens is 9. The molecule has 13 heteroatoms. The Kier molecular flexibility index (Phi) is 6.56. The van der Waals surface area contributed by atoms with Gasteiger partial charge in [0.2, 0.25) is 5.91 Å². The van der Waals surface area contributed by atoms with Gasteiger partial charge in [0.25, 0.3) is 0 Å². The van der Waals surface area contributed by atoms with E-state index < -0.39 is 35.1 Å². The third kappa shape index (κ3) is 4.36. The van der Waals surface area contributed by atoms with Gasteiger partial charge in [0, 0.05) is 16.1 Å². The van der Waals surface area contributed by atoms with Gasteiger partial charge >= 0.3 is 17.4 Å². The predicted octanol–water partition coefficient (Wildman–Crippen LogP) is 7.10. The van der Waals surface area contributed by atoms with Crippen LogP contribution in [0.1, 0.15) is 10.4 Å². The first kappa shape index (κ1) is 23.8. The number of primary amides is 1. The molecular weight excluding hydrogens is 561 g/mol. The van der Waals surface area contributed by atoms with Gasteiger partial charge in [-0.3, -0.25) is 4.79 Å². The summed E-state index contributed by atoms with van der Waals surface area (Å²) in [7, 11) is 0. The Balaban J connectivity index is 2.54. The lowest BCUT2D eigenvalue weighted by molar-refractivity contribution is -0.330. The predicted molar refractivity (Wildman–Crippen MR) is 104 cm³/mol. The summed E-state index contributed by atoms with van der Waals surface area (Å²) in [4.78, 5) is 10.7. The van der Waals surface area contributed by atoms with Crippen LogP contribution in [0.4, 0.5) is 42.1 Å². The van der Waals surface area contributed by atoms with Crippen molar-refractivity contribution in [1.82, 2.24) is 0 Å². The second kappa shape index (κ2) is 7.99. The van der Waals surface area contributed by atoms with Crippen LogP contribution in [0.2, 0.25) is 0 Å². The van der Waals surface area contributed by atoms with Crippen LogP contribution in [0.5, 0.6) is 0 Å². The molecule has 0 fully saturated rings. The zero-order valence-corrected chi connectivity index (χ0v) is 17.9. The molecule has 3 N–H and O–H groups in total. The lowest BCUT2D eigenvalue weighted by atomic mass is 10.2. The van der Waals surface area contributed by atoms with E-state index in [4.69, 9.17) is 5.73 Å². The number of carbonyl (C=O) groups excluding carboxylic acids is 1. The Hall–Kier alpha value is -1.47. The topological polar surface area (TPSA) is 55.1 Å². The summed E-state index contributed by atoms with van der Waals surface area (Å²) >= 11 is 4.80. The van der Waals surface area contributed by atoms with Crippen molar-refractivity contribution in [2.24, 2.45) is 5.73 Å². The molecule has 1 amide bonds. The Labute approximate surface area is 176 Å². The molecule has 160 valence electrons. The number of anilines is 2. The van der Waals surface area contributed by atoms with E-state index in [0.717, 1.165) is 6.07 Å². The summed E-state index contributed by atoms with van der Waals surface area (Å²) in [5.74, 6) is -7.10. The third-order valence-corrected chi connectivity index (χ3v) is 9.97. The molecule has 0 saturated heterocycles. The highest BCUT2D eigenvalue weighted by atomic mass is 79.9. The number of nitrogens with one attached hydrogen (secondary N) is 1. The van der Waals surface area contributed by atoms with Gasteiger partial charge in [0.1, 0.15) is 0 Å². The van der Waals surface area contributed by atoms with Gasteiger partial charge in [0.15, 0.2) is 0 Å². The van der Waals surface area contributed by atoms with Crippen LogP contribution in [-0.2, 0) is 0 Å². The Morgan fingerprint density at radius 3 is 2.07 bits per heavy atom. The van der Waals surface area contributed by atoms with Crippen LogP contribution in [-0.4, -0.2) is 23.3 Å². The third-order valence-electron chi connectivity index (χ3n) is 3.63. The van der Waals surface area contributed by atoms with Crippen molar-refractivity contribution in [1.29, 1.82) is 0 Å². The number of rotatable bonds is 6. The van der Waals surface area contributed by atoms with Crippen LogP contribution in [0.15, 0.2) is 53.4 Å². The highest BCUT2D eigenvalue weighted by Crippen LogP contribution is 2.82. The fraction of sp³-hybridized carbons (Fsp3) is 0.188. The van der Waals surface area contributed by atoms with Gasteiger partial charge in [-0.2, -0.15) is 30.7 Å². The normalized spacial score (nSPS) is 13.8. The molecule has 0 aliphatic heterocycles. The molecule has 0 radical (unpaired) electrons. The maximum atomic E-state index is 14.4. The van der Waals surface area contributed by atoms with E-state index >= 15 is 0 Å². The van der Waals surface area contributed by atoms with Gasteiger partial charge < -0.3 is 11.1 Å². The van der Waals surface area contributed by atoms with Crippen molar-refractivity contribution in [2.75, 3.05) is 5.32 Å². The lowest BCUT2D eigenvalue weighted by Gasteiger charge is -2.40. The van der Waals surface area contributed by atoms with Crippen LogP contribution in [0, 0.1) is 0 Å². The van der Waals surface area contributed by atoms with Crippen molar-refractivity contribution < 1.29 is 35.5 Å². The van der Waals surface area contributed by atoms with Crippen LogP contribution in [0.3, 0.4) is 0 Å². The minimum Gasteiger partial charge on any atom is -0.366 e. The molecule has 0 bridgehead atoms. The van der Waals surface area contributed by atoms with Crippen LogP contribution < -0.4 is 11.1 Å². The number of benzene rings is 2. The van der Waals surface area contributed by atoms with Gasteiger partial charge in [-0.15, -0.1) is 0 Å². The molecule has 2 rings (SSSR count). The number of hydrogen-bond donors (Lipinski definition) is 2. The average Bonchev–Trinajstić information content (AvgIpc) is 2.61. The van der Waals surface area contributed by atoms with Crippen LogP contribution >= 0.6 is 36.5 Å². The van der Waals surface area contributed by atoms with E-state index in [9.17, 15) is 35.5 Å². The van der Waals surface area contributed by atoms with Crippen molar-refractivity contribution in [3.05, 3.63) is 54.1 Å². The lowest BCUT2D eigenvalue weighted by Crippen LogP contribution is -2.52. The summed E-state index contributed by atoms with van der Waals surface area (Å²) in [5, 5.41) is -2.92. The van der Waals surface area contributed by atoms with Gasteiger partial charge in [-0.1, -0.05) is 18.2 Å². The van der Waals surface area contributed by atoms with Gasteiger partial charge in [-0.05, 0) is 66.9 Å². The molecular formula is C16H11Br2F7N2OS. The summed E-state index contributed by atoms with van der Waals surface area (Å²) < 4.78 is 94.0. The van der Waals surface area contributed by atoms with Gasteiger partial charge in [-0.25, -0.2) is 0 Å². The summed E-state index contributed by atoms with van der Waals surface area (Å²) in [6, 6.07) is 10.2. The molecule has 2 aromatic carbocycles. The smallest absolute Gasteiger partial charge is 0.366 e. The molecule has 0 spiro atoms. The average molecular weight is 572 g/mol. The largest absolute Gasteiger partial charge is 0.460 e. The second-order valence-electron chi connectivity index (χ2n) is 5.62. The summed E-state index contributed by atoms with van der Waals surface area (Å²) in [5.41, 5.74) is 5.21. The Morgan fingerprint density at radius 1 is 0.931 bits per heavy atom. The second-order valence-corrected chi connectivity index (χ2v) is 15.9. The number of carbonyl (C=O) groups is 1. The van der Waals surface area contributed by atoms with E-state index in [2.05, 4.69) is 34.9 Å². The Morgan fingerprint density at radius 2 is 1.52 bits per heavy atom. The SMILES string of the molecule is NC(=O)c1cccc(Nc2ccccc2S(Br)(Br)C(F)(F)C(F)(F)C(F)(F)F)c1. The zero-order chi connectivity index (χ0) is 22.3. The van der Waals surface area contributed by atoms with Crippen molar-refractivity contribution >= 4 is 53.8 Å². The van der Waals surface area contributed by atoms with Crippen molar-refractivity contribution in [3.63, 3.8) is 0 Å². The first-order valence-corrected chi connectivity index (χ1v) is 12.7. The zero-order valence-electron chi connectivity index (χ0n) is 13.9. The van der Waals surface area contributed by atoms with Crippen molar-refractivity contribution in [2.45, 2.75) is 22.2 Å². The monoisotopic (exact) mass is 570 g/mol. The highest BCUT2D eigenvalue weighted by Gasteiger charge is 2.78.